The smallest absolute Gasteiger partial charge is 0.302 e. The highest BCUT2D eigenvalue weighted by atomic mass is 35.5. The minimum Gasteiger partial charge on any atom is -0.302 e. The number of hydrogen-bond acceptors (Lipinski definition) is 6. The third-order valence-electron chi connectivity index (χ3n) is 5.22. The van der Waals surface area contributed by atoms with Crippen molar-refractivity contribution in [2.24, 2.45) is 0 Å². The van der Waals surface area contributed by atoms with Gasteiger partial charge in [0.25, 0.3) is 5.91 Å². The summed E-state index contributed by atoms with van der Waals surface area (Å²) in [6.45, 7) is 6.18. The van der Waals surface area contributed by atoms with Gasteiger partial charge in [0, 0.05) is 24.9 Å². The highest BCUT2D eigenvalue weighted by Gasteiger charge is 2.32. The van der Waals surface area contributed by atoms with E-state index in [1.54, 1.807) is 6.07 Å². The summed E-state index contributed by atoms with van der Waals surface area (Å²) in [7, 11) is -3.43. The third kappa shape index (κ3) is 6.47. The van der Waals surface area contributed by atoms with E-state index in [1.165, 1.54) is 29.2 Å². The van der Waals surface area contributed by atoms with Crippen LogP contribution in [0.15, 0.2) is 47.4 Å². The number of amides is 1. The van der Waals surface area contributed by atoms with Gasteiger partial charge in [-0.05, 0) is 49.5 Å². The molecule has 0 radical (unpaired) electrons. The van der Waals surface area contributed by atoms with Gasteiger partial charge in [0.2, 0.25) is 0 Å². The average molecular weight is 536 g/mol. The number of anilines is 1. The SMILES string of the molecule is CCN(CC)CCN(C(=O)c1cccc(C(F)(F)F)c1)c1nc2ccc(S(C)(=O)=O)cc2s1.Cl. The van der Waals surface area contributed by atoms with Crippen molar-refractivity contribution < 1.29 is 26.4 Å². The van der Waals surface area contributed by atoms with Gasteiger partial charge in [-0.25, -0.2) is 13.4 Å². The lowest BCUT2D eigenvalue weighted by Crippen LogP contribution is -2.39. The zero-order valence-corrected chi connectivity index (χ0v) is 21.2. The Hall–Kier alpha value is -2.21. The Morgan fingerprint density at radius 3 is 2.32 bits per heavy atom. The molecule has 186 valence electrons. The van der Waals surface area contributed by atoms with E-state index in [9.17, 15) is 26.4 Å². The molecule has 0 saturated carbocycles. The van der Waals surface area contributed by atoms with Crippen LogP contribution in [0, 0.1) is 0 Å². The molecule has 3 aromatic rings. The molecule has 0 aliphatic heterocycles. The van der Waals surface area contributed by atoms with Crippen molar-refractivity contribution >= 4 is 54.8 Å². The molecule has 0 spiro atoms. The Morgan fingerprint density at radius 1 is 1.06 bits per heavy atom. The number of sulfone groups is 1. The first-order chi connectivity index (χ1) is 15.4. The van der Waals surface area contributed by atoms with E-state index in [2.05, 4.69) is 9.88 Å². The van der Waals surface area contributed by atoms with Crippen molar-refractivity contribution in [3.05, 3.63) is 53.6 Å². The number of halogens is 4. The molecular formula is C22H25ClF3N3O3S2. The minimum atomic E-state index is -4.57. The molecule has 0 N–H and O–H groups in total. The molecule has 34 heavy (non-hydrogen) atoms. The molecule has 1 amide bonds. The van der Waals surface area contributed by atoms with Gasteiger partial charge in [0.1, 0.15) is 0 Å². The molecule has 0 bridgehead atoms. The number of alkyl halides is 3. The van der Waals surface area contributed by atoms with E-state index in [4.69, 9.17) is 0 Å². The lowest BCUT2D eigenvalue weighted by atomic mass is 10.1. The summed E-state index contributed by atoms with van der Waals surface area (Å²) >= 11 is 1.12. The normalized spacial score (nSPS) is 12.1. The van der Waals surface area contributed by atoms with Crippen molar-refractivity contribution in [3.8, 4) is 0 Å². The number of likely N-dealkylation sites (N-methyl/N-ethyl adjacent to an activating group) is 1. The van der Waals surface area contributed by atoms with E-state index in [-0.39, 0.29) is 29.4 Å². The molecule has 2 aromatic carbocycles. The Morgan fingerprint density at radius 2 is 1.74 bits per heavy atom. The van der Waals surface area contributed by atoms with Gasteiger partial charge in [-0.2, -0.15) is 13.2 Å². The fourth-order valence-corrected chi connectivity index (χ4v) is 5.04. The second-order valence-electron chi connectivity index (χ2n) is 7.46. The molecule has 0 unspecified atom stereocenters. The number of nitrogens with zero attached hydrogens (tertiary/aromatic N) is 3. The first-order valence-corrected chi connectivity index (χ1v) is 13.0. The predicted molar refractivity (Wildman–Crippen MR) is 131 cm³/mol. The van der Waals surface area contributed by atoms with Crippen molar-refractivity contribution in [2.45, 2.75) is 24.9 Å². The van der Waals surface area contributed by atoms with Crippen LogP contribution in [0.3, 0.4) is 0 Å². The number of carbonyl (C=O) groups excluding carboxylic acids is 1. The lowest BCUT2D eigenvalue weighted by Gasteiger charge is -2.25. The van der Waals surface area contributed by atoms with E-state index in [0.717, 1.165) is 42.8 Å². The van der Waals surface area contributed by atoms with Crippen LogP contribution < -0.4 is 4.90 Å². The molecule has 3 rings (SSSR count). The monoisotopic (exact) mass is 535 g/mol. The summed E-state index contributed by atoms with van der Waals surface area (Å²) in [5.74, 6) is -0.601. The molecule has 1 aromatic heterocycles. The first kappa shape index (κ1) is 28.0. The van der Waals surface area contributed by atoms with Crippen molar-refractivity contribution in [3.63, 3.8) is 0 Å². The van der Waals surface area contributed by atoms with E-state index >= 15 is 0 Å². The second-order valence-corrected chi connectivity index (χ2v) is 10.5. The Balaban J connectivity index is 0.00000408. The van der Waals surface area contributed by atoms with Crippen LogP contribution >= 0.6 is 23.7 Å². The fourth-order valence-electron chi connectivity index (χ4n) is 3.29. The van der Waals surface area contributed by atoms with Crippen LogP contribution in [0.1, 0.15) is 29.8 Å². The quantitative estimate of drug-likeness (QED) is 0.400. The summed E-state index contributed by atoms with van der Waals surface area (Å²) in [6.07, 6.45) is -3.47. The average Bonchev–Trinajstić information content (AvgIpc) is 3.18. The zero-order valence-electron chi connectivity index (χ0n) is 18.8. The van der Waals surface area contributed by atoms with Crippen LogP contribution in [0.2, 0.25) is 0 Å². The maximum Gasteiger partial charge on any atom is 0.416 e. The van der Waals surface area contributed by atoms with Gasteiger partial charge >= 0.3 is 6.18 Å². The minimum absolute atomic E-state index is 0. The van der Waals surface area contributed by atoms with Crippen LogP contribution in [-0.2, 0) is 16.0 Å². The number of thiazole rings is 1. The van der Waals surface area contributed by atoms with Gasteiger partial charge in [-0.1, -0.05) is 31.3 Å². The maximum atomic E-state index is 13.3. The summed E-state index contributed by atoms with van der Waals surface area (Å²) in [4.78, 5) is 21.4. The van der Waals surface area contributed by atoms with E-state index < -0.39 is 27.5 Å². The Labute approximate surface area is 206 Å². The van der Waals surface area contributed by atoms with E-state index in [0.29, 0.717) is 21.9 Å². The number of aromatic nitrogens is 1. The summed E-state index contributed by atoms with van der Waals surface area (Å²) in [5, 5.41) is 0.296. The molecule has 1 heterocycles. The molecule has 6 nitrogen and oxygen atoms in total. The maximum absolute atomic E-state index is 13.3. The summed E-state index contributed by atoms with van der Waals surface area (Å²) in [5.41, 5.74) is -0.494. The number of rotatable bonds is 8. The number of hydrogen-bond donors (Lipinski definition) is 0. The highest BCUT2D eigenvalue weighted by molar-refractivity contribution is 7.90. The molecule has 0 aliphatic carbocycles. The first-order valence-electron chi connectivity index (χ1n) is 10.3. The van der Waals surface area contributed by atoms with Crippen LogP contribution in [0.5, 0.6) is 0 Å². The molecule has 0 aliphatic rings. The summed E-state index contributed by atoms with van der Waals surface area (Å²) < 4.78 is 63.9. The Bertz CT molecular complexity index is 1260. The summed E-state index contributed by atoms with van der Waals surface area (Å²) in [6, 6.07) is 8.79. The lowest BCUT2D eigenvalue weighted by molar-refractivity contribution is -0.137. The molecule has 0 atom stereocenters. The Kier molecular flexibility index (Phi) is 9.09. The topological polar surface area (TPSA) is 70.6 Å². The standard InChI is InChI=1S/C22H24F3N3O3S2.ClH/c1-4-27(5-2)11-12-28(20(29)15-7-6-8-16(13-15)22(23,24)25)21-26-18-10-9-17(33(3,30)31)14-19(18)32-21;/h6-10,13-14H,4-5,11-12H2,1-3H3;1H. The zero-order chi connectivity index (χ0) is 24.4. The molecule has 12 heteroatoms. The number of benzene rings is 2. The predicted octanol–water partition coefficient (Wildman–Crippen LogP) is 5.13. The molecule has 0 fully saturated rings. The van der Waals surface area contributed by atoms with Crippen LogP contribution in [-0.4, -0.2) is 56.6 Å². The van der Waals surface area contributed by atoms with Gasteiger partial charge in [-0.15, -0.1) is 12.4 Å². The van der Waals surface area contributed by atoms with Crippen LogP contribution in [0.4, 0.5) is 18.3 Å². The number of fused-ring (bicyclic) bond motifs is 1. The van der Waals surface area contributed by atoms with Crippen molar-refractivity contribution in [1.29, 1.82) is 0 Å². The molecule has 0 saturated heterocycles. The van der Waals surface area contributed by atoms with Crippen LogP contribution in [0.25, 0.3) is 10.2 Å². The second kappa shape index (κ2) is 11.0. The third-order valence-corrected chi connectivity index (χ3v) is 7.38. The van der Waals surface area contributed by atoms with Gasteiger partial charge in [0.15, 0.2) is 15.0 Å². The van der Waals surface area contributed by atoms with E-state index in [1.807, 2.05) is 13.8 Å². The van der Waals surface area contributed by atoms with Crippen molar-refractivity contribution in [2.75, 3.05) is 37.3 Å². The molecular weight excluding hydrogens is 511 g/mol. The van der Waals surface area contributed by atoms with Crippen molar-refractivity contribution in [1.82, 2.24) is 9.88 Å². The highest BCUT2D eigenvalue weighted by Crippen LogP contribution is 2.33. The van der Waals surface area contributed by atoms with Gasteiger partial charge in [0.05, 0.1) is 20.7 Å². The van der Waals surface area contributed by atoms with Gasteiger partial charge in [-0.3, -0.25) is 9.69 Å². The fraction of sp³-hybridized carbons (Fsp3) is 0.364. The largest absolute Gasteiger partial charge is 0.416 e. The van der Waals surface area contributed by atoms with Gasteiger partial charge < -0.3 is 4.90 Å². The number of carbonyl (C=O) groups is 1.